The lowest BCUT2D eigenvalue weighted by Gasteiger charge is -2.63. The molecule has 36 unspecified atom stereocenters. The average Bonchev–Trinajstić information content (AvgIpc) is 1.62. The molecule has 0 aromatic heterocycles. The molecule has 16 fully saturated rings. The number of ether oxygens (including phenoxy) is 16. The molecule has 145 heavy (non-hydrogen) atoms. The molecule has 0 amide bonds. The summed E-state index contributed by atoms with van der Waals surface area (Å²) >= 11 is 3.90. The summed E-state index contributed by atoms with van der Waals surface area (Å²) in [5, 5.41) is 294. The van der Waals surface area contributed by atoms with Crippen molar-refractivity contribution in [2.45, 2.75) is 447 Å². The van der Waals surface area contributed by atoms with Crippen molar-refractivity contribution in [3.8, 4) is 0 Å². The first kappa shape index (κ1) is 116. The molecule has 0 bridgehead atoms. The van der Waals surface area contributed by atoms with Gasteiger partial charge in [0.05, 0.1) is 83.4 Å². The molecular weight excluding hydrogens is 1950 g/mol. The van der Waals surface area contributed by atoms with Crippen LogP contribution in [0.15, 0.2) is 0 Å². The predicted octanol–water partition coefficient (Wildman–Crippen LogP) is -4.47. The highest BCUT2D eigenvalue weighted by Gasteiger charge is 2.70. The Morgan fingerprint density at radius 3 is 0.855 bits per heavy atom. The van der Waals surface area contributed by atoms with E-state index in [4.69, 9.17) is 75.8 Å². The molecule has 27 N–H and O–H groups in total. The molecule has 45 heteroatoms. The summed E-state index contributed by atoms with van der Waals surface area (Å²) in [6, 6.07) is 0. The first-order chi connectivity index (χ1) is 69.1. The number of hydrogen-bond acceptors (Lipinski definition) is 45. The third-order valence-corrected chi connectivity index (χ3v) is 41.1. The van der Waals surface area contributed by atoms with Crippen LogP contribution in [-0.2, 0) is 75.8 Å². The molecule has 0 aromatic carbocycles. The Morgan fingerprint density at radius 2 is 0.538 bits per heavy atom. The summed E-state index contributed by atoms with van der Waals surface area (Å²) in [7, 11) is 0. The maximum Gasteiger partial charge on any atom is 0.187 e. The van der Waals surface area contributed by atoms with Crippen molar-refractivity contribution in [3.63, 3.8) is 0 Å². The van der Waals surface area contributed by atoms with Gasteiger partial charge in [0.1, 0.15) is 183 Å². The number of aliphatic hydroxyl groups excluding tert-OH is 27. The maximum absolute atomic E-state index is 12.2. The largest absolute Gasteiger partial charge is 0.394 e. The fourth-order valence-electron chi connectivity index (χ4n) is 30.3. The second-order valence-electron chi connectivity index (χ2n) is 46.4. The van der Waals surface area contributed by atoms with Crippen LogP contribution < -0.4 is 0 Å². The first-order valence-corrected chi connectivity index (χ1v) is 55.9. The van der Waals surface area contributed by atoms with Crippen LogP contribution in [0.25, 0.3) is 0 Å². The summed E-state index contributed by atoms with van der Waals surface area (Å²) in [6.45, 7) is 9.95. The smallest absolute Gasteiger partial charge is 0.187 e. The van der Waals surface area contributed by atoms with Gasteiger partial charge in [-0.3, -0.25) is 0 Å². The van der Waals surface area contributed by atoms with E-state index in [0.717, 1.165) is 113 Å². The molecule has 840 valence electrons. The van der Waals surface area contributed by atoms with Crippen molar-refractivity contribution in [2.24, 2.45) is 98.6 Å². The summed E-state index contributed by atoms with van der Waals surface area (Å²) < 4.78 is 99.5. The predicted molar refractivity (Wildman–Crippen MR) is 506 cm³/mol. The average molecular weight is 2120 g/mol. The Balaban J connectivity index is 0.536. The fourth-order valence-corrected chi connectivity index (χ4v) is 32.4. The van der Waals surface area contributed by atoms with E-state index in [0.29, 0.717) is 50.9 Å². The van der Waals surface area contributed by atoms with Crippen molar-refractivity contribution in [1.82, 2.24) is 0 Å². The van der Waals surface area contributed by atoms with E-state index in [9.17, 15) is 138 Å². The summed E-state index contributed by atoms with van der Waals surface area (Å²) in [4.78, 5) is 0. The van der Waals surface area contributed by atoms with E-state index in [1.165, 1.54) is 0 Å². The van der Waals surface area contributed by atoms with Gasteiger partial charge in [0, 0.05) is 16.7 Å². The summed E-state index contributed by atoms with van der Waals surface area (Å²) in [5.74, 6) is 5.31. The highest BCUT2D eigenvalue weighted by atomic mass is 32.2. The van der Waals surface area contributed by atoms with Crippen LogP contribution in [0.3, 0.4) is 0 Å². The van der Waals surface area contributed by atoms with Crippen LogP contribution in [0.1, 0.15) is 183 Å². The standard InChI is InChI=1S/C100H170O43S2/c1-41(50-17-19-52-48-15-13-44-29-46(128-89-43(3)66(109)85(60(37-105)134-89)140-93-78(121)71(114)67(110)56(33-101)130-93)21-23-97(44,4)54(48)31-64(99(50,52)6)138-91-83(126)76(119)87(62(39-107)136-91)142-95-80(123)73(116)69(112)58(35-103)132-95)11-8-25-144-27-10-28-145-26-9-12-42(2)51-18-20-53-49-16-14-45-30-47(129-90-82(125)75(118)86(61(38-106)135-90)141-94-79(122)72(115)68(111)57(34-102)131-94)22-24-98(45,5)55(49)32-65(100(51,53)7)139-92-84(127)77(120)88(63(40-108)137-92)143-96-81(124)74(117)70(113)59(36-104)133-96/h41-96,101-127H,8-40H2,1-7H3/t41?,42?,43?,44?,45?,46?,47?,48?,49?,50?,51?,52?,53?,54?,55?,56?,57?,58?,59?,60?,61?,62?,63?,64?,65?,66-,67-,68+,69-,70+,71+,72-,73+,74-,75+,76-,77+,78?,79?,80?,81?,82?,83?,84?,85-,86+,87-,88+,89-,90+,91+,92-,93-,94+,95-,96+,97?,98?,99?,100?/m1/s1. The first-order valence-electron chi connectivity index (χ1n) is 53.6. The van der Waals surface area contributed by atoms with Crippen molar-refractivity contribution < 1.29 is 214 Å². The fraction of sp³-hybridized carbons (Fsp3) is 1.00. The number of thioether (sulfide) groups is 2. The van der Waals surface area contributed by atoms with Crippen molar-refractivity contribution in [1.29, 1.82) is 0 Å². The lowest BCUT2D eigenvalue weighted by Crippen LogP contribution is -2.66. The Kier molecular flexibility index (Phi) is 39.5. The zero-order valence-electron chi connectivity index (χ0n) is 84.1. The SMILES string of the molecule is CC(CCCSCCCSCCCC(C)C1CCC2C3CCC4CC(O[C@H]5OC(CO)[C@H](O[C@@H]6OC(CO)[C@H](O)[C@@H](O)C6O)[C@@H](O)C5O)CCC4(C)C3CC(O[C@H]3OC(CO)[C@H](O[C@@H]4OC(CO)[C@H](O)[C@@H](O)C4O)[C@@H](O)C3O)C12C)C1CCC2C3CCC4CC(O[C@@H]5OC(CO)[C@@H](O[C@H]6OC(CO)[C@@H](O)[C@H](O)C6O)[C@H](O)C5C)CCC4(C)C3CC(O[C@@H]3OC(CO)[C@@H](O[C@H]4OC(CO)[C@@H](O)[C@H](O)C4O)[C@H](O)C3O)C12C. The molecule has 60 atom stereocenters. The minimum Gasteiger partial charge on any atom is -0.394 e. The van der Waals surface area contributed by atoms with Gasteiger partial charge in [-0.15, -0.1) is 0 Å². The van der Waals surface area contributed by atoms with Crippen LogP contribution in [0.2, 0.25) is 0 Å². The van der Waals surface area contributed by atoms with E-state index >= 15 is 0 Å². The van der Waals surface area contributed by atoms with E-state index in [-0.39, 0.29) is 82.0 Å². The Labute approximate surface area is 854 Å². The van der Waals surface area contributed by atoms with Gasteiger partial charge in [-0.1, -0.05) is 48.5 Å². The number of aliphatic hydroxyl groups is 27. The minimum atomic E-state index is -1.86. The minimum absolute atomic E-state index is 0.0757. The van der Waals surface area contributed by atoms with Crippen LogP contribution >= 0.6 is 23.5 Å². The van der Waals surface area contributed by atoms with Crippen LogP contribution in [0.5, 0.6) is 0 Å². The number of hydrogen-bond donors (Lipinski definition) is 27. The molecule has 16 rings (SSSR count). The van der Waals surface area contributed by atoms with Crippen LogP contribution in [-0.4, -0.2) is 478 Å². The van der Waals surface area contributed by atoms with E-state index < -0.39 is 327 Å². The third kappa shape index (κ3) is 22.8. The van der Waals surface area contributed by atoms with Gasteiger partial charge in [0.15, 0.2) is 50.3 Å². The van der Waals surface area contributed by atoms with Gasteiger partial charge >= 0.3 is 0 Å². The second-order valence-corrected chi connectivity index (χ2v) is 48.9. The topological polar surface area (TPSA) is 694 Å². The quantitative estimate of drug-likeness (QED) is 0.0205. The number of rotatable bonds is 38. The molecular formula is C100H170O43S2. The Bertz CT molecular complexity index is 3730. The van der Waals surface area contributed by atoms with Crippen molar-refractivity contribution in [2.75, 3.05) is 75.9 Å². The summed E-state index contributed by atoms with van der Waals surface area (Å²) in [6.07, 6.45) is -46.4. The molecule has 8 saturated carbocycles. The second kappa shape index (κ2) is 49.2. The normalized spacial score (nSPS) is 53.2. The zero-order valence-corrected chi connectivity index (χ0v) is 85.7. The molecule has 8 heterocycles. The third-order valence-electron chi connectivity index (χ3n) is 38.8. The molecule has 8 aliphatic carbocycles. The zero-order chi connectivity index (χ0) is 104. The molecule has 0 spiro atoms. The molecule has 0 aromatic rings. The molecule has 0 radical (unpaired) electrons. The van der Waals surface area contributed by atoms with Crippen molar-refractivity contribution >= 4 is 23.5 Å². The molecule has 16 aliphatic rings. The van der Waals surface area contributed by atoms with Gasteiger partial charge in [0.2, 0.25) is 0 Å². The highest BCUT2D eigenvalue weighted by Crippen LogP contribution is 2.72. The van der Waals surface area contributed by atoms with Crippen LogP contribution in [0, 0.1) is 98.6 Å². The monoisotopic (exact) mass is 2120 g/mol. The van der Waals surface area contributed by atoms with Gasteiger partial charge in [-0.2, -0.15) is 23.5 Å². The Hall–Kier alpha value is -1.02. The lowest BCUT2D eigenvalue weighted by atomic mass is 9.43. The van der Waals surface area contributed by atoms with E-state index in [2.05, 4.69) is 41.5 Å². The van der Waals surface area contributed by atoms with E-state index in [1.54, 1.807) is 6.92 Å². The van der Waals surface area contributed by atoms with Gasteiger partial charge in [-0.25, -0.2) is 0 Å². The molecule has 8 saturated heterocycles. The Morgan fingerprint density at radius 1 is 0.269 bits per heavy atom. The van der Waals surface area contributed by atoms with Gasteiger partial charge < -0.3 is 214 Å². The van der Waals surface area contributed by atoms with Crippen LogP contribution in [0.4, 0.5) is 0 Å². The number of fused-ring (bicyclic) bond motifs is 10. The maximum atomic E-state index is 12.2. The van der Waals surface area contributed by atoms with Crippen molar-refractivity contribution in [3.05, 3.63) is 0 Å². The summed E-state index contributed by atoms with van der Waals surface area (Å²) in [5.41, 5.74) is -1.47. The van der Waals surface area contributed by atoms with E-state index in [1.807, 2.05) is 23.5 Å². The van der Waals surface area contributed by atoms with Gasteiger partial charge in [0.25, 0.3) is 0 Å². The lowest BCUT2D eigenvalue weighted by molar-refractivity contribution is -0.370. The molecule has 8 aliphatic heterocycles. The highest BCUT2D eigenvalue weighted by molar-refractivity contribution is 8.00. The molecule has 43 nitrogen and oxygen atoms in total. The van der Waals surface area contributed by atoms with Gasteiger partial charge in [-0.05, 0) is 240 Å².